The van der Waals surface area contributed by atoms with E-state index in [0.29, 0.717) is 18.6 Å². The molecular weight excluding hydrogens is 330 g/mol. The molecular formula is C20H19N3O3. The second-order valence-corrected chi connectivity index (χ2v) is 6.21. The Morgan fingerprint density at radius 2 is 1.88 bits per heavy atom. The van der Waals surface area contributed by atoms with E-state index in [1.807, 2.05) is 61.5 Å². The summed E-state index contributed by atoms with van der Waals surface area (Å²) in [5, 5.41) is 10.2. The van der Waals surface area contributed by atoms with E-state index in [-0.39, 0.29) is 5.91 Å². The second-order valence-electron chi connectivity index (χ2n) is 6.21. The lowest BCUT2D eigenvalue weighted by atomic mass is 9.88. The summed E-state index contributed by atoms with van der Waals surface area (Å²) in [6, 6.07) is 16.9. The van der Waals surface area contributed by atoms with E-state index in [1.54, 1.807) is 7.11 Å². The smallest absolute Gasteiger partial charge is 0.300 e. The summed E-state index contributed by atoms with van der Waals surface area (Å²) in [4.78, 5) is 18.9. The summed E-state index contributed by atoms with van der Waals surface area (Å²) in [5.74, 6) is 0.568. The highest BCUT2D eigenvalue weighted by molar-refractivity contribution is 6.25. The van der Waals surface area contributed by atoms with Crippen molar-refractivity contribution in [1.82, 2.24) is 0 Å². The second kappa shape index (κ2) is 6.29. The normalized spacial score (nSPS) is 21.6. The molecule has 2 aliphatic rings. The fraction of sp³-hybridized carbons (Fsp3) is 0.250. The number of rotatable bonds is 4. The largest absolute Gasteiger partial charge is 0.497 e. The average molecular weight is 349 g/mol. The molecule has 1 amide bonds. The first-order valence-electron chi connectivity index (χ1n) is 8.55. The van der Waals surface area contributed by atoms with E-state index >= 15 is 0 Å². The van der Waals surface area contributed by atoms with Crippen LogP contribution in [-0.4, -0.2) is 30.0 Å². The molecule has 1 atom stereocenters. The summed E-state index contributed by atoms with van der Waals surface area (Å²) in [6.45, 7) is 1.97. The average Bonchev–Trinajstić information content (AvgIpc) is 3.26. The van der Waals surface area contributed by atoms with Crippen LogP contribution in [0.5, 0.6) is 5.75 Å². The molecule has 132 valence electrons. The Morgan fingerprint density at radius 1 is 1.15 bits per heavy atom. The standard InChI is InChI=1S/C20H19N3O3/c1-3-18-20(19(24)23(21-18)15-7-5-4-6-8-15)13-17(22-26-20)14-9-11-16(25-2)12-10-14/h4-12H,3,13H2,1-2H3. The fourth-order valence-electron chi connectivity index (χ4n) is 3.28. The van der Waals surface area contributed by atoms with Crippen molar-refractivity contribution in [3.05, 3.63) is 60.2 Å². The van der Waals surface area contributed by atoms with Gasteiger partial charge in [-0.3, -0.25) is 4.79 Å². The van der Waals surface area contributed by atoms with Crippen molar-refractivity contribution in [1.29, 1.82) is 0 Å². The van der Waals surface area contributed by atoms with E-state index < -0.39 is 5.60 Å². The molecule has 6 heteroatoms. The Morgan fingerprint density at radius 3 is 2.54 bits per heavy atom. The maximum Gasteiger partial charge on any atom is 0.300 e. The van der Waals surface area contributed by atoms with Crippen LogP contribution < -0.4 is 9.75 Å². The van der Waals surface area contributed by atoms with Gasteiger partial charge in [-0.2, -0.15) is 10.1 Å². The quantitative estimate of drug-likeness (QED) is 0.850. The van der Waals surface area contributed by atoms with Crippen molar-refractivity contribution in [2.45, 2.75) is 25.4 Å². The summed E-state index contributed by atoms with van der Waals surface area (Å²) >= 11 is 0. The number of methoxy groups -OCH3 is 1. The minimum absolute atomic E-state index is 0.201. The molecule has 1 spiro atoms. The zero-order chi connectivity index (χ0) is 18.1. The Hall–Kier alpha value is -3.15. The number of hydrogen-bond donors (Lipinski definition) is 0. The molecule has 0 fully saturated rings. The van der Waals surface area contributed by atoms with Crippen LogP contribution in [0.1, 0.15) is 25.3 Å². The lowest BCUT2D eigenvalue weighted by Crippen LogP contribution is -2.46. The van der Waals surface area contributed by atoms with E-state index in [9.17, 15) is 4.79 Å². The fourth-order valence-corrected chi connectivity index (χ4v) is 3.28. The third-order valence-electron chi connectivity index (χ3n) is 4.71. The molecule has 0 bridgehead atoms. The third-order valence-corrected chi connectivity index (χ3v) is 4.71. The molecule has 0 N–H and O–H groups in total. The van der Waals surface area contributed by atoms with Gasteiger partial charge in [0, 0.05) is 0 Å². The summed E-state index contributed by atoms with van der Waals surface area (Å²) < 4.78 is 5.19. The summed E-state index contributed by atoms with van der Waals surface area (Å²) in [7, 11) is 1.62. The first-order valence-corrected chi connectivity index (χ1v) is 8.55. The van der Waals surface area contributed by atoms with Gasteiger partial charge in [0.25, 0.3) is 5.60 Å². The molecule has 4 rings (SSSR count). The van der Waals surface area contributed by atoms with Gasteiger partial charge in [0.05, 0.1) is 30.6 Å². The summed E-state index contributed by atoms with van der Waals surface area (Å²) in [5.41, 5.74) is 1.92. The zero-order valence-corrected chi connectivity index (χ0v) is 14.7. The highest BCUT2D eigenvalue weighted by Gasteiger charge is 2.57. The van der Waals surface area contributed by atoms with Gasteiger partial charge < -0.3 is 9.57 Å². The Balaban J connectivity index is 1.63. The molecule has 2 aromatic carbocycles. The number of carbonyl (C=O) groups excluding carboxylic acids is 1. The molecule has 0 radical (unpaired) electrons. The molecule has 0 saturated heterocycles. The minimum Gasteiger partial charge on any atom is -0.497 e. The minimum atomic E-state index is -1.14. The van der Waals surface area contributed by atoms with Crippen molar-refractivity contribution in [3.8, 4) is 5.75 Å². The van der Waals surface area contributed by atoms with Gasteiger partial charge in [0.1, 0.15) is 5.75 Å². The van der Waals surface area contributed by atoms with Gasteiger partial charge in [-0.1, -0.05) is 30.3 Å². The van der Waals surface area contributed by atoms with Crippen molar-refractivity contribution in [2.24, 2.45) is 10.3 Å². The number of carbonyl (C=O) groups is 1. The maximum atomic E-state index is 13.2. The Kier molecular flexibility index (Phi) is 3.95. The van der Waals surface area contributed by atoms with Crippen LogP contribution >= 0.6 is 0 Å². The molecule has 0 aliphatic carbocycles. The Bertz CT molecular complexity index is 890. The first-order chi connectivity index (χ1) is 12.7. The topological polar surface area (TPSA) is 63.5 Å². The maximum absolute atomic E-state index is 13.2. The van der Waals surface area contributed by atoms with Crippen LogP contribution in [0.15, 0.2) is 64.9 Å². The number of oxime groups is 1. The van der Waals surface area contributed by atoms with Crippen molar-refractivity contribution < 1.29 is 14.4 Å². The van der Waals surface area contributed by atoms with Gasteiger partial charge in [-0.15, -0.1) is 0 Å². The molecule has 0 saturated carbocycles. The molecule has 2 heterocycles. The van der Waals surface area contributed by atoms with E-state index in [4.69, 9.17) is 9.57 Å². The number of hydrogen-bond acceptors (Lipinski definition) is 5. The highest BCUT2D eigenvalue weighted by Crippen LogP contribution is 2.37. The van der Waals surface area contributed by atoms with Gasteiger partial charge >= 0.3 is 5.91 Å². The number of para-hydroxylation sites is 1. The van der Waals surface area contributed by atoms with Crippen molar-refractivity contribution in [2.75, 3.05) is 12.1 Å². The molecule has 0 aromatic heterocycles. The van der Waals surface area contributed by atoms with Gasteiger partial charge in [-0.05, 0) is 48.4 Å². The monoisotopic (exact) mass is 349 g/mol. The van der Waals surface area contributed by atoms with Gasteiger partial charge in [0.2, 0.25) is 0 Å². The number of amides is 1. The molecule has 26 heavy (non-hydrogen) atoms. The van der Waals surface area contributed by atoms with Crippen LogP contribution in [0, 0.1) is 0 Å². The van der Waals surface area contributed by atoms with Crippen molar-refractivity contribution in [3.63, 3.8) is 0 Å². The Labute approximate surface area is 151 Å². The summed E-state index contributed by atoms with van der Waals surface area (Å²) in [6.07, 6.45) is 0.981. The SMILES string of the molecule is CCC1=NN(c2ccccc2)C(=O)C12CC(c1ccc(OC)cc1)=NO2. The number of ether oxygens (including phenoxy) is 1. The van der Waals surface area contributed by atoms with Crippen LogP contribution in [-0.2, 0) is 9.63 Å². The predicted molar refractivity (Wildman–Crippen MR) is 99.6 cm³/mol. The lowest BCUT2D eigenvalue weighted by molar-refractivity contribution is -0.132. The molecule has 6 nitrogen and oxygen atoms in total. The number of hydrazone groups is 1. The van der Waals surface area contributed by atoms with E-state index in [2.05, 4.69) is 10.3 Å². The van der Waals surface area contributed by atoms with Crippen molar-refractivity contribution >= 4 is 23.0 Å². The van der Waals surface area contributed by atoms with E-state index in [0.717, 1.165) is 22.7 Å². The molecule has 2 aliphatic heterocycles. The molecule has 1 unspecified atom stereocenters. The van der Waals surface area contributed by atoms with Gasteiger partial charge in [-0.25, -0.2) is 0 Å². The third kappa shape index (κ3) is 2.45. The number of benzene rings is 2. The molecule has 2 aromatic rings. The first kappa shape index (κ1) is 16.3. The van der Waals surface area contributed by atoms with Crippen LogP contribution in [0.4, 0.5) is 5.69 Å². The van der Waals surface area contributed by atoms with Crippen LogP contribution in [0.3, 0.4) is 0 Å². The number of nitrogens with zero attached hydrogens (tertiary/aromatic N) is 3. The van der Waals surface area contributed by atoms with Gasteiger partial charge in [0.15, 0.2) is 0 Å². The van der Waals surface area contributed by atoms with Crippen LogP contribution in [0.25, 0.3) is 0 Å². The zero-order valence-electron chi connectivity index (χ0n) is 14.7. The number of anilines is 1. The van der Waals surface area contributed by atoms with E-state index in [1.165, 1.54) is 5.01 Å². The lowest BCUT2D eigenvalue weighted by Gasteiger charge is -2.21. The highest BCUT2D eigenvalue weighted by atomic mass is 16.7. The van der Waals surface area contributed by atoms with Crippen LogP contribution in [0.2, 0.25) is 0 Å². The predicted octanol–water partition coefficient (Wildman–Crippen LogP) is 3.37.